The maximum Gasteiger partial charge on any atom is 0.262 e. The lowest BCUT2D eigenvalue weighted by atomic mass is 10.0. The number of nitrogens with one attached hydrogen (secondary N) is 1. The summed E-state index contributed by atoms with van der Waals surface area (Å²) >= 11 is 0. The van der Waals surface area contributed by atoms with Crippen molar-refractivity contribution < 1.29 is 9.53 Å². The molecule has 3 rings (SSSR count). The van der Waals surface area contributed by atoms with Crippen LogP contribution >= 0.6 is 0 Å². The molecular weight excluding hydrogens is 348 g/mol. The lowest BCUT2D eigenvalue weighted by molar-refractivity contribution is -0.118. The molecule has 0 saturated heterocycles. The van der Waals surface area contributed by atoms with Gasteiger partial charge in [-0.05, 0) is 42.3 Å². The summed E-state index contributed by atoms with van der Waals surface area (Å²) in [6.07, 6.45) is 1.77. The zero-order chi connectivity index (χ0) is 19.8. The van der Waals surface area contributed by atoms with Crippen molar-refractivity contribution in [3.63, 3.8) is 0 Å². The van der Waals surface area contributed by atoms with Crippen LogP contribution in [-0.2, 0) is 4.79 Å². The van der Waals surface area contributed by atoms with E-state index in [1.807, 2.05) is 79.7 Å². The van der Waals surface area contributed by atoms with Crippen molar-refractivity contribution in [3.8, 4) is 11.8 Å². The number of rotatable bonds is 6. The molecule has 0 spiro atoms. The number of carbonyl (C=O) groups excluding carboxylic acids is 1. The van der Waals surface area contributed by atoms with E-state index in [1.54, 1.807) is 12.1 Å². The van der Waals surface area contributed by atoms with Crippen LogP contribution in [0.15, 0.2) is 78.9 Å². The SMILES string of the molecule is Cc1cccc(NC(=O)COc2ccccc2/C=C(\C#N)c2ccccc2)c1. The highest BCUT2D eigenvalue weighted by atomic mass is 16.5. The molecule has 4 nitrogen and oxygen atoms in total. The molecule has 0 radical (unpaired) electrons. The molecule has 0 aliphatic rings. The molecule has 0 aromatic heterocycles. The van der Waals surface area contributed by atoms with E-state index in [-0.39, 0.29) is 12.5 Å². The molecule has 28 heavy (non-hydrogen) atoms. The minimum atomic E-state index is -0.243. The van der Waals surface area contributed by atoms with Crippen molar-refractivity contribution in [1.29, 1.82) is 5.26 Å². The summed E-state index contributed by atoms with van der Waals surface area (Å²) in [6, 6.07) is 26.6. The number of nitrogens with zero attached hydrogens (tertiary/aromatic N) is 1. The van der Waals surface area contributed by atoms with Gasteiger partial charge in [-0.15, -0.1) is 0 Å². The van der Waals surface area contributed by atoms with Gasteiger partial charge < -0.3 is 10.1 Å². The molecule has 0 fully saturated rings. The molecule has 0 aliphatic heterocycles. The third-order valence-corrected chi connectivity index (χ3v) is 4.08. The molecule has 1 amide bonds. The van der Waals surface area contributed by atoms with Gasteiger partial charge in [0.15, 0.2) is 6.61 Å². The number of hydrogen-bond acceptors (Lipinski definition) is 3. The van der Waals surface area contributed by atoms with Crippen molar-refractivity contribution in [3.05, 3.63) is 95.6 Å². The van der Waals surface area contributed by atoms with E-state index in [0.717, 1.165) is 22.4 Å². The number of benzene rings is 3. The van der Waals surface area contributed by atoms with Gasteiger partial charge in [0, 0.05) is 11.3 Å². The van der Waals surface area contributed by atoms with E-state index < -0.39 is 0 Å². The minimum Gasteiger partial charge on any atom is -0.483 e. The highest BCUT2D eigenvalue weighted by Gasteiger charge is 2.08. The average Bonchev–Trinajstić information content (AvgIpc) is 2.72. The lowest BCUT2D eigenvalue weighted by Crippen LogP contribution is -2.20. The van der Waals surface area contributed by atoms with Crippen molar-refractivity contribution in [2.24, 2.45) is 0 Å². The zero-order valence-electron chi connectivity index (χ0n) is 15.6. The smallest absolute Gasteiger partial charge is 0.262 e. The van der Waals surface area contributed by atoms with Gasteiger partial charge in [-0.3, -0.25) is 4.79 Å². The molecule has 4 heteroatoms. The van der Waals surface area contributed by atoms with E-state index >= 15 is 0 Å². The number of amides is 1. The first-order valence-electron chi connectivity index (χ1n) is 8.91. The normalized spacial score (nSPS) is 10.8. The monoisotopic (exact) mass is 368 g/mol. The minimum absolute atomic E-state index is 0.119. The molecule has 0 aliphatic carbocycles. The molecular formula is C24H20N2O2. The maximum absolute atomic E-state index is 12.2. The Balaban J connectivity index is 1.73. The van der Waals surface area contributed by atoms with E-state index in [2.05, 4.69) is 11.4 Å². The number of carbonyl (C=O) groups is 1. The molecule has 0 saturated carbocycles. The summed E-state index contributed by atoms with van der Waals surface area (Å²) in [5.74, 6) is 0.304. The van der Waals surface area contributed by atoms with Crippen LogP contribution in [0, 0.1) is 18.3 Å². The third-order valence-electron chi connectivity index (χ3n) is 4.08. The maximum atomic E-state index is 12.2. The van der Waals surface area contributed by atoms with E-state index in [0.29, 0.717) is 11.3 Å². The second kappa shape index (κ2) is 9.20. The number of anilines is 1. The van der Waals surface area contributed by atoms with Crippen molar-refractivity contribution in [2.45, 2.75) is 6.92 Å². The second-order valence-electron chi connectivity index (χ2n) is 6.28. The van der Waals surface area contributed by atoms with Crippen LogP contribution in [0.25, 0.3) is 11.6 Å². The van der Waals surface area contributed by atoms with Crippen LogP contribution in [0.1, 0.15) is 16.7 Å². The molecule has 0 bridgehead atoms. The van der Waals surface area contributed by atoms with Gasteiger partial charge in [-0.2, -0.15) is 5.26 Å². The predicted molar refractivity (Wildman–Crippen MR) is 112 cm³/mol. The highest BCUT2D eigenvalue weighted by molar-refractivity contribution is 5.92. The van der Waals surface area contributed by atoms with Crippen LogP contribution in [-0.4, -0.2) is 12.5 Å². The number of nitriles is 1. The Kier molecular flexibility index (Phi) is 6.22. The zero-order valence-corrected chi connectivity index (χ0v) is 15.6. The largest absolute Gasteiger partial charge is 0.483 e. The average molecular weight is 368 g/mol. The van der Waals surface area contributed by atoms with Crippen LogP contribution in [0.5, 0.6) is 5.75 Å². The summed E-state index contributed by atoms with van der Waals surface area (Å²) < 4.78 is 5.72. The molecule has 1 N–H and O–H groups in total. The van der Waals surface area contributed by atoms with E-state index in [9.17, 15) is 10.1 Å². The Bertz CT molecular complexity index is 1030. The molecule has 3 aromatic carbocycles. The van der Waals surface area contributed by atoms with Gasteiger partial charge in [-0.1, -0.05) is 60.7 Å². The van der Waals surface area contributed by atoms with E-state index in [1.165, 1.54) is 0 Å². The Morgan fingerprint density at radius 1 is 1.04 bits per heavy atom. The first kappa shape index (κ1) is 18.9. The van der Waals surface area contributed by atoms with Gasteiger partial charge in [0.1, 0.15) is 5.75 Å². The van der Waals surface area contributed by atoms with Crippen LogP contribution < -0.4 is 10.1 Å². The fraction of sp³-hybridized carbons (Fsp3) is 0.0833. The summed E-state index contributed by atoms with van der Waals surface area (Å²) in [4.78, 5) is 12.2. The predicted octanol–water partition coefficient (Wildman–Crippen LogP) is 5.08. The van der Waals surface area contributed by atoms with E-state index in [4.69, 9.17) is 4.74 Å². The molecule has 0 heterocycles. The number of hydrogen-bond donors (Lipinski definition) is 1. The van der Waals surface area contributed by atoms with Gasteiger partial charge in [0.25, 0.3) is 5.91 Å². The van der Waals surface area contributed by atoms with Crippen LogP contribution in [0.2, 0.25) is 0 Å². The first-order chi connectivity index (χ1) is 13.7. The van der Waals surface area contributed by atoms with Gasteiger partial charge in [-0.25, -0.2) is 0 Å². The summed E-state index contributed by atoms with van der Waals surface area (Å²) in [6.45, 7) is 1.85. The summed E-state index contributed by atoms with van der Waals surface area (Å²) in [5, 5.41) is 12.3. The molecule has 3 aromatic rings. The fourth-order valence-electron chi connectivity index (χ4n) is 2.75. The first-order valence-corrected chi connectivity index (χ1v) is 8.91. The summed E-state index contributed by atoms with van der Waals surface area (Å²) in [5.41, 5.74) is 3.90. The van der Waals surface area contributed by atoms with Crippen molar-refractivity contribution >= 4 is 23.2 Å². The molecule has 138 valence electrons. The third kappa shape index (κ3) is 5.09. The standard InChI is InChI=1S/C24H20N2O2/c1-18-8-7-12-22(14-18)26-24(27)17-28-23-13-6-5-11-20(23)15-21(16-25)19-9-3-2-4-10-19/h2-15H,17H2,1H3,(H,26,27)/b21-15+. The Morgan fingerprint density at radius 3 is 2.54 bits per heavy atom. The highest BCUT2D eigenvalue weighted by Crippen LogP contribution is 2.24. The van der Waals surface area contributed by atoms with Crippen LogP contribution in [0.4, 0.5) is 5.69 Å². The van der Waals surface area contributed by atoms with Crippen LogP contribution in [0.3, 0.4) is 0 Å². The summed E-state index contributed by atoms with van der Waals surface area (Å²) in [7, 11) is 0. The molecule has 0 atom stereocenters. The fourth-order valence-corrected chi connectivity index (χ4v) is 2.75. The lowest BCUT2D eigenvalue weighted by Gasteiger charge is -2.10. The van der Waals surface area contributed by atoms with Crippen molar-refractivity contribution in [2.75, 3.05) is 11.9 Å². The Labute approximate surface area is 164 Å². The Hall–Kier alpha value is -3.84. The number of ether oxygens (including phenoxy) is 1. The topological polar surface area (TPSA) is 62.1 Å². The Morgan fingerprint density at radius 2 is 1.79 bits per heavy atom. The van der Waals surface area contributed by atoms with Gasteiger partial charge in [0.2, 0.25) is 0 Å². The quantitative estimate of drug-likeness (QED) is 0.488. The van der Waals surface area contributed by atoms with Gasteiger partial charge >= 0.3 is 0 Å². The number of para-hydroxylation sites is 1. The number of allylic oxidation sites excluding steroid dienone is 1. The molecule has 0 unspecified atom stereocenters. The van der Waals surface area contributed by atoms with Gasteiger partial charge in [0.05, 0.1) is 11.6 Å². The number of aryl methyl sites for hydroxylation is 1. The second-order valence-corrected chi connectivity index (χ2v) is 6.28. The van der Waals surface area contributed by atoms with Crippen molar-refractivity contribution in [1.82, 2.24) is 0 Å².